The van der Waals surface area contributed by atoms with Gasteiger partial charge in [-0.25, -0.2) is 8.42 Å². The molecule has 0 aliphatic rings. The number of fused-ring (bicyclic) bond motifs is 1. The predicted octanol–water partition coefficient (Wildman–Crippen LogP) is 3.51. The van der Waals surface area contributed by atoms with E-state index in [9.17, 15) is 31.2 Å². The molecule has 1 heterocycles. The standard InChI is InChI=1S/C19H18F3N3O4S2/c1-3-24-15-8-7-13(10-16(15)30-18(24)27)23-17(26)11-25(31(2,28)29)14-6-4-5-12(9-14)19(20,21)22/h4-10H,3,11H2,1-2H3,(H,23,26). The molecular weight excluding hydrogens is 455 g/mol. The average molecular weight is 473 g/mol. The van der Waals surface area contributed by atoms with Gasteiger partial charge in [-0.2, -0.15) is 13.2 Å². The Hall–Kier alpha value is -2.86. The summed E-state index contributed by atoms with van der Waals surface area (Å²) in [7, 11) is -4.05. The third kappa shape index (κ3) is 5.07. The quantitative estimate of drug-likeness (QED) is 0.594. The van der Waals surface area contributed by atoms with Crippen molar-refractivity contribution in [1.29, 1.82) is 0 Å². The SMILES string of the molecule is CCn1c(=O)sc2cc(NC(=O)CN(c3cccc(C(F)(F)F)c3)S(C)(=O)=O)ccc21. The second kappa shape index (κ2) is 8.35. The smallest absolute Gasteiger partial charge is 0.324 e. The Morgan fingerprint density at radius 2 is 1.90 bits per heavy atom. The monoisotopic (exact) mass is 473 g/mol. The lowest BCUT2D eigenvalue weighted by Gasteiger charge is -2.22. The van der Waals surface area contributed by atoms with Gasteiger partial charge in [0, 0.05) is 12.2 Å². The molecule has 12 heteroatoms. The van der Waals surface area contributed by atoms with E-state index in [4.69, 9.17) is 0 Å². The zero-order valence-electron chi connectivity index (χ0n) is 16.4. The van der Waals surface area contributed by atoms with E-state index >= 15 is 0 Å². The van der Waals surface area contributed by atoms with Crippen LogP contribution in [0.1, 0.15) is 12.5 Å². The Kier molecular flexibility index (Phi) is 6.14. The number of carbonyl (C=O) groups excluding carboxylic acids is 1. The minimum absolute atomic E-state index is 0.145. The molecule has 31 heavy (non-hydrogen) atoms. The molecule has 0 unspecified atom stereocenters. The van der Waals surface area contributed by atoms with Gasteiger partial charge in [0.05, 0.1) is 27.7 Å². The largest absolute Gasteiger partial charge is 0.416 e. The first-order chi connectivity index (χ1) is 14.4. The van der Waals surface area contributed by atoms with E-state index in [-0.39, 0.29) is 10.6 Å². The van der Waals surface area contributed by atoms with Crippen LogP contribution in [0.3, 0.4) is 0 Å². The molecule has 166 valence electrons. The molecule has 0 saturated carbocycles. The predicted molar refractivity (Wildman–Crippen MR) is 114 cm³/mol. The fourth-order valence-electron chi connectivity index (χ4n) is 3.01. The Morgan fingerprint density at radius 3 is 2.52 bits per heavy atom. The van der Waals surface area contributed by atoms with Crippen LogP contribution >= 0.6 is 11.3 Å². The third-order valence-electron chi connectivity index (χ3n) is 4.42. The van der Waals surface area contributed by atoms with E-state index in [1.54, 1.807) is 22.8 Å². The molecular formula is C19H18F3N3O4S2. The van der Waals surface area contributed by atoms with Crippen molar-refractivity contribution < 1.29 is 26.4 Å². The molecule has 0 aliphatic carbocycles. The molecule has 0 atom stereocenters. The van der Waals surface area contributed by atoms with Gasteiger partial charge >= 0.3 is 11.0 Å². The molecule has 1 amide bonds. The van der Waals surface area contributed by atoms with Crippen molar-refractivity contribution in [3.05, 3.63) is 57.7 Å². The van der Waals surface area contributed by atoms with Gasteiger partial charge in [0.15, 0.2) is 0 Å². The van der Waals surface area contributed by atoms with E-state index in [2.05, 4.69) is 5.32 Å². The van der Waals surface area contributed by atoms with Crippen molar-refractivity contribution in [2.75, 3.05) is 22.4 Å². The number of hydrogen-bond acceptors (Lipinski definition) is 5. The van der Waals surface area contributed by atoms with Gasteiger partial charge in [-0.1, -0.05) is 17.4 Å². The van der Waals surface area contributed by atoms with Gasteiger partial charge in [0.1, 0.15) is 6.54 Å². The first-order valence-corrected chi connectivity index (χ1v) is 11.6. The maximum atomic E-state index is 13.0. The number of amides is 1. The summed E-state index contributed by atoms with van der Waals surface area (Å²) in [5.74, 6) is -0.746. The number of rotatable bonds is 6. The van der Waals surface area contributed by atoms with Gasteiger partial charge in [-0.05, 0) is 43.3 Å². The molecule has 0 spiro atoms. The van der Waals surface area contributed by atoms with Crippen LogP contribution < -0.4 is 14.5 Å². The van der Waals surface area contributed by atoms with E-state index in [1.165, 1.54) is 6.07 Å². The van der Waals surface area contributed by atoms with Crippen LogP contribution in [0, 0.1) is 0 Å². The lowest BCUT2D eigenvalue weighted by molar-refractivity contribution is -0.137. The highest BCUT2D eigenvalue weighted by Crippen LogP contribution is 2.32. The number of carbonyl (C=O) groups is 1. The Labute approximate surface area is 179 Å². The maximum Gasteiger partial charge on any atom is 0.416 e. The van der Waals surface area contributed by atoms with Crippen molar-refractivity contribution in [1.82, 2.24) is 4.57 Å². The van der Waals surface area contributed by atoms with Gasteiger partial charge in [0.2, 0.25) is 15.9 Å². The van der Waals surface area contributed by atoms with Crippen LogP contribution in [0.5, 0.6) is 0 Å². The minimum atomic E-state index is -4.66. The van der Waals surface area contributed by atoms with Crippen molar-refractivity contribution in [2.45, 2.75) is 19.6 Å². The van der Waals surface area contributed by atoms with Crippen molar-refractivity contribution in [2.24, 2.45) is 0 Å². The Morgan fingerprint density at radius 1 is 1.19 bits per heavy atom. The molecule has 3 aromatic rings. The molecule has 0 bridgehead atoms. The lowest BCUT2D eigenvalue weighted by Crippen LogP contribution is -2.37. The first kappa shape index (κ1) is 22.8. The van der Waals surface area contributed by atoms with Gasteiger partial charge in [-0.3, -0.25) is 18.5 Å². The van der Waals surface area contributed by atoms with Crippen LogP contribution in [0.2, 0.25) is 0 Å². The number of thiazole rings is 1. The molecule has 0 aliphatic heterocycles. The normalized spacial score (nSPS) is 12.2. The lowest BCUT2D eigenvalue weighted by atomic mass is 10.2. The van der Waals surface area contributed by atoms with Crippen LogP contribution in [0.4, 0.5) is 24.5 Å². The summed E-state index contributed by atoms with van der Waals surface area (Å²) in [5, 5.41) is 2.53. The minimum Gasteiger partial charge on any atom is -0.324 e. The number of hydrogen-bond donors (Lipinski definition) is 1. The average Bonchev–Trinajstić information content (AvgIpc) is 2.98. The summed E-state index contributed by atoms with van der Waals surface area (Å²) < 4.78 is 66.1. The highest BCUT2D eigenvalue weighted by molar-refractivity contribution is 7.92. The molecule has 7 nitrogen and oxygen atoms in total. The Bertz CT molecular complexity index is 1300. The number of anilines is 2. The number of aromatic nitrogens is 1. The molecule has 3 rings (SSSR count). The zero-order valence-corrected chi connectivity index (χ0v) is 18.1. The molecule has 0 radical (unpaired) electrons. The third-order valence-corrected chi connectivity index (χ3v) is 6.50. The molecule has 2 aromatic carbocycles. The van der Waals surface area contributed by atoms with Gasteiger partial charge < -0.3 is 5.32 Å². The van der Waals surface area contributed by atoms with E-state index in [1.807, 2.05) is 6.92 Å². The van der Waals surface area contributed by atoms with Crippen molar-refractivity contribution in [3.63, 3.8) is 0 Å². The van der Waals surface area contributed by atoms with Gasteiger partial charge in [-0.15, -0.1) is 0 Å². The molecule has 0 saturated heterocycles. The second-order valence-corrected chi connectivity index (χ2v) is 9.56. The number of halogens is 3. The summed E-state index contributed by atoms with van der Waals surface area (Å²) in [5.41, 5.74) is -0.266. The fourth-order valence-corrected chi connectivity index (χ4v) is 4.85. The van der Waals surface area contributed by atoms with Crippen molar-refractivity contribution in [3.8, 4) is 0 Å². The molecule has 0 fully saturated rings. The van der Waals surface area contributed by atoms with Crippen LogP contribution in [0.25, 0.3) is 10.2 Å². The second-order valence-electron chi connectivity index (χ2n) is 6.66. The van der Waals surface area contributed by atoms with E-state index in [0.717, 1.165) is 29.7 Å². The summed E-state index contributed by atoms with van der Waals surface area (Å²) in [6, 6.07) is 8.54. The molecule has 1 N–H and O–H groups in total. The zero-order chi connectivity index (χ0) is 23.0. The topological polar surface area (TPSA) is 88.5 Å². The van der Waals surface area contributed by atoms with Crippen LogP contribution in [-0.4, -0.2) is 31.7 Å². The number of nitrogens with one attached hydrogen (secondary N) is 1. The van der Waals surface area contributed by atoms with Crippen LogP contribution in [0.15, 0.2) is 47.3 Å². The van der Waals surface area contributed by atoms with Crippen molar-refractivity contribution >= 4 is 48.9 Å². The number of aryl methyl sites for hydroxylation is 1. The highest BCUT2D eigenvalue weighted by atomic mass is 32.2. The molecule has 1 aromatic heterocycles. The number of benzene rings is 2. The Balaban J connectivity index is 1.86. The van der Waals surface area contributed by atoms with E-state index < -0.39 is 34.2 Å². The van der Waals surface area contributed by atoms with Crippen LogP contribution in [-0.2, 0) is 27.5 Å². The fraction of sp³-hybridized carbons (Fsp3) is 0.263. The number of alkyl halides is 3. The maximum absolute atomic E-state index is 13.0. The highest BCUT2D eigenvalue weighted by Gasteiger charge is 2.32. The summed E-state index contributed by atoms with van der Waals surface area (Å²) in [6.07, 6.45) is -3.86. The summed E-state index contributed by atoms with van der Waals surface area (Å²) in [6.45, 7) is 1.60. The first-order valence-electron chi connectivity index (χ1n) is 8.98. The summed E-state index contributed by atoms with van der Waals surface area (Å²) in [4.78, 5) is 24.3. The number of nitrogens with zero attached hydrogens (tertiary/aromatic N) is 2. The number of sulfonamides is 1. The van der Waals surface area contributed by atoms with Gasteiger partial charge in [0.25, 0.3) is 0 Å². The van der Waals surface area contributed by atoms with E-state index in [0.29, 0.717) is 32.8 Å². The summed E-state index contributed by atoms with van der Waals surface area (Å²) >= 11 is 1.01.